The molecule has 2 rings (SSSR count). The van der Waals surface area contributed by atoms with Gasteiger partial charge in [-0.3, -0.25) is 4.79 Å². The number of carboxylic acids is 1. The number of carboxylic acid groups (broad SMARTS) is 1. The van der Waals surface area contributed by atoms with E-state index in [1.54, 1.807) is 0 Å². The van der Waals surface area contributed by atoms with Gasteiger partial charge in [0.25, 0.3) is 0 Å². The fourth-order valence-corrected chi connectivity index (χ4v) is 3.41. The average Bonchev–Trinajstić information content (AvgIpc) is 2.28. The molecule has 0 saturated heterocycles. The van der Waals surface area contributed by atoms with E-state index in [9.17, 15) is 4.79 Å². The summed E-state index contributed by atoms with van der Waals surface area (Å²) < 4.78 is 0. The van der Waals surface area contributed by atoms with Crippen molar-refractivity contribution in [2.45, 2.75) is 66.2 Å². The van der Waals surface area contributed by atoms with Crippen LogP contribution in [0.4, 0.5) is 0 Å². The van der Waals surface area contributed by atoms with Crippen molar-refractivity contribution in [1.29, 1.82) is 0 Å². The average molecular weight is 240 g/mol. The fourth-order valence-electron chi connectivity index (χ4n) is 3.41. The highest BCUT2D eigenvalue weighted by atomic mass is 16.4. The summed E-state index contributed by atoms with van der Waals surface area (Å²) >= 11 is 0. The first-order valence-corrected chi connectivity index (χ1v) is 7.25. The Kier molecular flexibility index (Phi) is 5.03. The molecule has 0 amide bonds. The molecule has 2 saturated carbocycles. The molecule has 0 aliphatic heterocycles. The zero-order chi connectivity index (χ0) is 13.1. The maximum absolute atomic E-state index is 10.8. The zero-order valence-corrected chi connectivity index (χ0v) is 11.8. The van der Waals surface area contributed by atoms with Gasteiger partial charge in [0.05, 0.1) is 5.92 Å². The van der Waals surface area contributed by atoms with Gasteiger partial charge in [0.2, 0.25) is 0 Å². The molecule has 0 bridgehead atoms. The minimum atomic E-state index is -0.579. The van der Waals surface area contributed by atoms with E-state index in [4.69, 9.17) is 5.11 Å². The van der Waals surface area contributed by atoms with E-state index in [1.165, 1.54) is 12.8 Å². The van der Waals surface area contributed by atoms with Crippen LogP contribution >= 0.6 is 0 Å². The SMILES string of the molecule is CC.CC(C)C1CC2(CCC(C(=O)O)CC2)C1. The van der Waals surface area contributed by atoms with Gasteiger partial charge < -0.3 is 5.11 Å². The molecule has 0 heterocycles. The van der Waals surface area contributed by atoms with Gasteiger partial charge in [0.15, 0.2) is 0 Å². The molecule has 0 unspecified atom stereocenters. The lowest BCUT2D eigenvalue weighted by Crippen LogP contribution is -2.43. The third-order valence-corrected chi connectivity index (χ3v) is 4.73. The first kappa shape index (κ1) is 14.5. The first-order valence-electron chi connectivity index (χ1n) is 7.25. The molecule has 0 aromatic rings. The quantitative estimate of drug-likeness (QED) is 0.779. The van der Waals surface area contributed by atoms with Gasteiger partial charge in [0.1, 0.15) is 0 Å². The molecule has 0 atom stereocenters. The lowest BCUT2D eigenvalue weighted by atomic mass is 9.52. The summed E-state index contributed by atoms with van der Waals surface area (Å²) in [6.45, 7) is 8.61. The van der Waals surface area contributed by atoms with Crippen molar-refractivity contribution in [2.24, 2.45) is 23.2 Å². The smallest absolute Gasteiger partial charge is 0.306 e. The topological polar surface area (TPSA) is 37.3 Å². The van der Waals surface area contributed by atoms with E-state index in [-0.39, 0.29) is 5.92 Å². The van der Waals surface area contributed by atoms with Crippen LogP contribution in [0.25, 0.3) is 0 Å². The fraction of sp³-hybridized carbons (Fsp3) is 0.933. The molecule has 2 aliphatic carbocycles. The van der Waals surface area contributed by atoms with Crippen molar-refractivity contribution in [3.05, 3.63) is 0 Å². The standard InChI is InChI=1S/C13H22O2.C2H6/c1-9(2)11-7-13(8-11)5-3-10(4-6-13)12(14)15;1-2/h9-11H,3-8H2,1-2H3,(H,14,15);1-2H3. The number of aliphatic carboxylic acids is 1. The molecule has 1 spiro atoms. The molecule has 0 aromatic heterocycles. The van der Waals surface area contributed by atoms with Crippen molar-refractivity contribution in [3.8, 4) is 0 Å². The van der Waals surface area contributed by atoms with Crippen LogP contribution in [-0.2, 0) is 4.79 Å². The predicted octanol–water partition coefficient (Wildman–Crippen LogP) is 4.34. The van der Waals surface area contributed by atoms with Gasteiger partial charge in [-0.2, -0.15) is 0 Å². The second kappa shape index (κ2) is 5.88. The van der Waals surface area contributed by atoms with Crippen LogP contribution < -0.4 is 0 Å². The maximum atomic E-state index is 10.8. The van der Waals surface area contributed by atoms with Gasteiger partial charge in [-0.05, 0) is 55.8 Å². The van der Waals surface area contributed by atoms with E-state index < -0.39 is 5.97 Å². The Hall–Kier alpha value is -0.530. The van der Waals surface area contributed by atoms with Crippen LogP contribution in [0.3, 0.4) is 0 Å². The largest absolute Gasteiger partial charge is 0.481 e. The molecule has 100 valence electrons. The van der Waals surface area contributed by atoms with Gasteiger partial charge in [-0.1, -0.05) is 27.7 Å². The third-order valence-electron chi connectivity index (χ3n) is 4.73. The Balaban J connectivity index is 0.000000686. The third kappa shape index (κ3) is 3.23. The lowest BCUT2D eigenvalue weighted by Gasteiger charge is -2.52. The van der Waals surface area contributed by atoms with Crippen LogP contribution in [0.15, 0.2) is 0 Å². The Morgan fingerprint density at radius 1 is 1.18 bits per heavy atom. The second-order valence-electron chi connectivity index (χ2n) is 6.02. The molecule has 0 radical (unpaired) electrons. The van der Waals surface area contributed by atoms with Crippen molar-refractivity contribution in [2.75, 3.05) is 0 Å². The van der Waals surface area contributed by atoms with E-state index in [2.05, 4.69) is 13.8 Å². The number of hydrogen-bond acceptors (Lipinski definition) is 1. The summed E-state index contributed by atoms with van der Waals surface area (Å²) in [6, 6.07) is 0. The molecule has 2 fully saturated rings. The van der Waals surface area contributed by atoms with Gasteiger partial charge in [-0.25, -0.2) is 0 Å². The monoisotopic (exact) mass is 240 g/mol. The molecular formula is C15H28O2. The second-order valence-corrected chi connectivity index (χ2v) is 6.02. The molecule has 17 heavy (non-hydrogen) atoms. The normalized spacial score (nSPS) is 36.1. The number of hydrogen-bond donors (Lipinski definition) is 1. The lowest BCUT2D eigenvalue weighted by molar-refractivity contribution is -0.145. The minimum absolute atomic E-state index is 0.0475. The Morgan fingerprint density at radius 3 is 2.00 bits per heavy atom. The van der Waals surface area contributed by atoms with Gasteiger partial charge in [-0.15, -0.1) is 0 Å². The zero-order valence-electron chi connectivity index (χ0n) is 11.8. The Morgan fingerprint density at radius 2 is 1.65 bits per heavy atom. The van der Waals surface area contributed by atoms with E-state index in [0.29, 0.717) is 5.41 Å². The summed E-state index contributed by atoms with van der Waals surface area (Å²) in [5.41, 5.74) is 0.556. The highest BCUT2D eigenvalue weighted by Gasteiger charge is 2.47. The summed E-state index contributed by atoms with van der Waals surface area (Å²) in [5.74, 6) is 1.09. The van der Waals surface area contributed by atoms with Crippen molar-refractivity contribution in [3.63, 3.8) is 0 Å². The Bertz CT molecular complexity index is 242. The number of carbonyl (C=O) groups is 1. The van der Waals surface area contributed by atoms with Crippen LogP contribution in [0.1, 0.15) is 66.2 Å². The first-order chi connectivity index (χ1) is 8.02. The maximum Gasteiger partial charge on any atom is 0.306 e. The molecule has 1 N–H and O–H groups in total. The molecule has 2 aliphatic rings. The van der Waals surface area contributed by atoms with E-state index in [0.717, 1.165) is 37.5 Å². The summed E-state index contributed by atoms with van der Waals surface area (Å²) in [6.07, 6.45) is 6.87. The van der Waals surface area contributed by atoms with Crippen LogP contribution in [-0.4, -0.2) is 11.1 Å². The molecular weight excluding hydrogens is 212 g/mol. The van der Waals surface area contributed by atoms with Crippen molar-refractivity contribution >= 4 is 5.97 Å². The summed E-state index contributed by atoms with van der Waals surface area (Å²) in [5, 5.41) is 8.94. The van der Waals surface area contributed by atoms with Gasteiger partial charge in [0, 0.05) is 0 Å². The van der Waals surface area contributed by atoms with Crippen LogP contribution in [0.2, 0.25) is 0 Å². The van der Waals surface area contributed by atoms with Crippen LogP contribution in [0.5, 0.6) is 0 Å². The molecule has 0 aromatic carbocycles. The van der Waals surface area contributed by atoms with Crippen molar-refractivity contribution < 1.29 is 9.90 Å². The highest BCUT2D eigenvalue weighted by Crippen LogP contribution is 2.57. The van der Waals surface area contributed by atoms with Gasteiger partial charge >= 0.3 is 5.97 Å². The Labute approximate surface area is 106 Å². The van der Waals surface area contributed by atoms with E-state index >= 15 is 0 Å². The van der Waals surface area contributed by atoms with Crippen molar-refractivity contribution in [1.82, 2.24) is 0 Å². The highest BCUT2D eigenvalue weighted by molar-refractivity contribution is 5.70. The minimum Gasteiger partial charge on any atom is -0.481 e. The van der Waals surface area contributed by atoms with Crippen LogP contribution in [0, 0.1) is 23.2 Å². The predicted molar refractivity (Wildman–Crippen MR) is 70.9 cm³/mol. The summed E-state index contributed by atoms with van der Waals surface area (Å²) in [7, 11) is 0. The number of rotatable bonds is 2. The summed E-state index contributed by atoms with van der Waals surface area (Å²) in [4.78, 5) is 10.8. The molecule has 2 heteroatoms. The van der Waals surface area contributed by atoms with E-state index in [1.807, 2.05) is 13.8 Å². The molecule has 2 nitrogen and oxygen atoms in total.